The Labute approximate surface area is 168 Å². The van der Waals surface area contributed by atoms with Crippen LogP contribution in [-0.2, 0) is 21.5 Å². The first-order chi connectivity index (χ1) is 13.6. The lowest BCUT2D eigenvalue weighted by atomic mass is 9.90. The van der Waals surface area contributed by atoms with Crippen molar-refractivity contribution in [3.8, 4) is 0 Å². The maximum absolute atomic E-state index is 12.5. The van der Waals surface area contributed by atoms with Gasteiger partial charge < -0.3 is 16.0 Å². The summed E-state index contributed by atoms with van der Waals surface area (Å²) in [6, 6.07) is 18.0. The summed E-state index contributed by atoms with van der Waals surface area (Å²) in [5, 5.41) is 6.09. The molecule has 3 aromatic rings. The van der Waals surface area contributed by atoms with Crippen molar-refractivity contribution in [2.24, 2.45) is 5.73 Å². The molecule has 1 unspecified atom stereocenters. The Balaban J connectivity index is 1.32. The Hall–Kier alpha value is -2.70. The number of benzene rings is 2. The number of thiophene rings is 1. The monoisotopic (exact) mass is 393 g/mol. The molecule has 1 atom stereocenters. The van der Waals surface area contributed by atoms with Crippen LogP contribution < -0.4 is 11.1 Å². The fraction of sp³-hybridized carbons (Fsp3) is 0.273. The van der Waals surface area contributed by atoms with Gasteiger partial charge in [0.05, 0.1) is 5.54 Å². The molecule has 2 amide bonds. The molecule has 0 aliphatic carbocycles. The molecule has 6 heteroatoms. The van der Waals surface area contributed by atoms with Crippen molar-refractivity contribution in [2.75, 3.05) is 19.6 Å². The van der Waals surface area contributed by atoms with Crippen LogP contribution in [0.2, 0.25) is 0 Å². The van der Waals surface area contributed by atoms with Crippen LogP contribution in [-0.4, -0.2) is 36.3 Å². The van der Waals surface area contributed by atoms with Gasteiger partial charge in [0.1, 0.15) is 0 Å². The molecule has 1 aromatic heterocycles. The van der Waals surface area contributed by atoms with Crippen LogP contribution >= 0.6 is 11.3 Å². The molecule has 0 spiro atoms. The quantitative estimate of drug-likeness (QED) is 0.669. The number of carbonyl (C=O) groups is 2. The molecule has 5 nitrogen and oxygen atoms in total. The van der Waals surface area contributed by atoms with Gasteiger partial charge in [0.15, 0.2) is 0 Å². The van der Waals surface area contributed by atoms with Crippen LogP contribution in [0.1, 0.15) is 17.5 Å². The molecule has 2 heterocycles. The predicted octanol–water partition coefficient (Wildman–Crippen LogP) is 2.65. The van der Waals surface area contributed by atoms with Crippen molar-refractivity contribution in [2.45, 2.75) is 18.4 Å². The van der Waals surface area contributed by atoms with Crippen molar-refractivity contribution in [3.05, 3.63) is 71.1 Å². The molecule has 1 aliphatic heterocycles. The van der Waals surface area contributed by atoms with E-state index in [1.807, 2.05) is 42.5 Å². The first kappa shape index (κ1) is 18.7. The molecule has 28 heavy (non-hydrogen) atoms. The van der Waals surface area contributed by atoms with Gasteiger partial charge in [-0.25, -0.2) is 0 Å². The summed E-state index contributed by atoms with van der Waals surface area (Å²) in [6.45, 7) is 1.29. The largest absolute Gasteiger partial charge is 0.347 e. The number of nitrogens with one attached hydrogen (secondary N) is 1. The van der Waals surface area contributed by atoms with Crippen molar-refractivity contribution >= 4 is 33.2 Å². The maximum Gasteiger partial charge on any atom is 0.311 e. The van der Waals surface area contributed by atoms with Gasteiger partial charge in [-0.1, -0.05) is 48.5 Å². The minimum absolute atomic E-state index is 0.360. The third-order valence-corrected chi connectivity index (χ3v) is 6.38. The molecule has 4 rings (SSSR count). The van der Waals surface area contributed by atoms with E-state index >= 15 is 0 Å². The molecule has 144 valence electrons. The molecule has 0 radical (unpaired) electrons. The lowest BCUT2D eigenvalue weighted by Crippen LogP contribution is -2.46. The number of likely N-dealkylation sites (tertiary alicyclic amines) is 1. The Morgan fingerprint density at radius 2 is 1.86 bits per heavy atom. The van der Waals surface area contributed by atoms with E-state index in [0.29, 0.717) is 32.5 Å². The molecule has 2 aromatic carbocycles. The number of amides is 2. The van der Waals surface area contributed by atoms with Gasteiger partial charge in [-0.15, -0.1) is 11.3 Å². The molecule has 3 N–H and O–H groups in total. The highest BCUT2D eigenvalue weighted by atomic mass is 32.1. The van der Waals surface area contributed by atoms with Crippen molar-refractivity contribution in [3.63, 3.8) is 0 Å². The van der Waals surface area contributed by atoms with E-state index < -0.39 is 17.4 Å². The van der Waals surface area contributed by atoms with Crippen molar-refractivity contribution in [1.29, 1.82) is 0 Å². The molecule has 0 bridgehead atoms. The standard InChI is InChI=1S/C22H23N3O2S/c23-22(17-6-2-1-3-7-17)11-13-25(15-22)21(27)20(26)24-12-10-16-14-28-19-9-5-4-8-18(16)19/h1-9,14H,10-13,15,23H2,(H,24,26). The number of carbonyl (C=O) groups excluding carboxylic acids is 2. The van der Waals surface area contributed by atoms with Gasteiger partial charge in [-0.05, 0) is 40.8 Å². The highest BCUT2D eigenvalue weighted by Gasteiger charge is 2.39. The van der Waals surface area contributed by atoms with E-state index in [1.165, 1.54) is 15.6 Å². The van der Waals surface area contributed by atoms with E-state index in [4.69, 9.17) is 5.73 Å². The SMILES string of the molecule is NC1(c2ccccc2)CCN(C(=O)C(=O)NCCc2csc3ccccc23)C1. The number of hydrogen-bond acceptors (Lipinski definition) is 4. The molecular weight excluding hydrogens is 370 g/mol. The lowest BCUT2D eigenvalue weighted by Gasteiger charge is -2.25. The second kappa shape index (κ2) is 7.73. The summed E-state index contributed by atoms with van der Waals surface area (Å²) in [7, 11) is 0. The lowest BCUT2D eigenvalue weighted by molar-refractivity contribution is -0.145. The van der Waals surface area contributed by atoms with Crippen LogP contribution in [0.25, 0.3) is 10.1 Å². The van der Waals surface area contributed by atoms with E-state index in [-0.39, 0.29) is 0 Å². The third kappa shape index (κ3) is 3.66. The summed E-state index contributed by atoms with van der Waals surface area (Å²) in [5.41, 5.74) is 8.10. The Morgan fingerprint density at radius 1 is 1.11 bits per heavy atom. The van der Waals surface area contributed by atoms with Gasteiger partial charge in [0, 0.05) is 24.3 Å². The van der Waals surface area contributed by atoms with E-state index in [0.717, 1.165) is 5.56 Å². The number of hydrogen-bond donors (Lipinski definition) is 2. The number of nitrogens with two attached hydrogens (primary N) is 1. The highest BCUT2D eigenvalue weighted by molar-refractivity contribution is 7.17. The molecule has 1 saturated heterocycles. The van der Waals surface area contributed by atoms with Gasteiger partial charge in [0.25, 0.3) is 0 Å². The Morgan fingerprint density at radius 3 is 2.68 bits per heavy atom. The number of nitrogens with zero attached hydrogens (tertiary/aromatic N) is 1. The molecule has 0 saturated carbocycles. The number of rotatable bonds is 4. The molecular formula is C22H23N3O2S. The number of fused-ring (bicyclic) bond motifs is 1. The van der Waals surface area contributed by atoms with Crippen LogP contribution in [0.5, 0.6) is 0 Å². The zero-order chi connectivity index (χ0) is 19.6. The van der Waals surface area contributed by atoms with E-state index in [9.17, 15) is 9.59 Å². The third-order valence-electron chi connectivity index (χ3n) is 5.37. The van der Waals surface area contributed by atoms with Crippen molar-refractivity contribution < 1.29 is 9.59 Å². The summed E-state index contributed by atoms with van der Waals surface area (Å²) in [6.07, 6.45) is 1.35. The highest BCUT2D eigenvalue weighted by Crippen LogP contribution is 2.29. The summed E-state index contributed by atoms with van der Waals surface area (Å²) in [5.74, 6) is -1.06. The summed E-state index contributed by atoms with van der Waals surface area (Å²) >= 11 is 1.70. The normalized spacial score (nSPS) is 19.1. The van der Waals surface area contributed by atoms with Crippen LogP contribution in [0.4, 0.5) is 0 Å². The zero-order valence-electron chi connectivity index (χ0n) is 15.6. The topological polar surface area (TPSA) is 75.4 Å². The Kier molecular flexibility index (Phi) is 5.15. The van der Waals surface area contributed by atoms with E-state index in [1.54, 1.807) is 16.2 Å². The average molecular weight is 394 g/mol. The van der Waals surface area contributed by atoms with E-state index in [2.05, 4.69) is 22.8 Å². The second-order valence-electron chi connectivity index (χ2n) is 7.26. The van der Waals surface area contributed by atoms with Gasteiger partial charge >= 0.3 is 11.8 Å². The Bertz CT molecular complexity index is 1000. The minimum atomic E-state index is -0.590. The van der Waals surface area contributed by atoms with Crippen LogP contribution in [0.15, 0.2) is 60.0 Å². The van der Waals surface area contributed by atoms with Crippen molar-refractivity contribution in [1.82, 2.24) is 10.2 Å². The van der Waals surface area contributed by atoms with Gasteiger partial charge in [0.2, 0.25) is 0 Å². The van der Waals surface area contributed by atoms with Crippen LogP contribution in [0.3, 0.4) is 0 Å². The first-order valence-electron chi connectivity index (χ1n) is 9.43. The minimum Gasteiger partial charge on any atom is -0.347 e. The molecule has 1 aliphatic rings. The maximum atomic E-state index is 12.5. The average Bonchev–Trinajstić information content (AvgIpc) is 3.33. The predicted molar refractivity (Wildman–Crippen MR) is 112 cm³/mol. The first-order valence-corrected chi connectivity index (χ1v) is 10.3. The smallest absolute Gasteiger partial charge is 0.311 e. The fourth-order valence-corrected chi connectivity index (χ4v) is 4.77. The van der Waals surface area contributed by atoms with Gasteiger partial charge in [-0.3, -0.25) is 9.59 Å². The van der Waals surface area contributed by atoms with Crippen LogP contribution in [0, 0.1) is 0 Å². The molecule has 1 fully saturated rings. The second-order valence-corrected chi connectivity index (χ2v) is 8.17. The van der Waals surface area contributed by atoms with Gasteiger partial charge in [-0.2, -0.15) is 0 Å². The zero-order valence-corrected chi connectivity index (χ0v) is 16.4. The summed E-state index contributed by atoms with van der Waals surface area (Å²) < 4.78 is 1.23. The summed E-state index contributed by atoms with van der Waals surface area (Å²) in [4.78, 5) is 26.4. The fourth-order valence-electron chi connectivity index (χ4n) is 3.77.